The molecule has 0 atom stereocenters. The number of nitrogens with zero attached hydrogens (tertiary/aromatic N) is 3. The highest BCUT2D eigenvalue weighted by Crippen LogP contribution is 2.31. The number of rotatable bonds is 6. The third kappa shape index (κ3) is 5.42. The van der Waals surface area contributed by atoms with E-state index in [0.29, 0.717) is 40.6 Å². The lowest BCUT2D eigenvalue weighted by Gasteiger charge is -2.25. The normalized spacial score (nSPS) is 18.2. The van der Waals surface area contributed by atoms with Crippen molar-refractivity contribution in [2.75, 3.05) is 5.32 Å². The number of pyridine rings is 2. The Labute approximate surface area is 192 Å². The zero-order valence-electron chi connectivity index (χ0n) is 17.7. The van der Waals surface area contributed by atoms with Gasteiger partial charge in [0.05, 0.1) is 16.3 Å². The lowest BCUT2D eigenvalue weighted by molar-refractivity contribution is 0.323. The first-order valence-corrected chi connectivity index (χ1v) is 11.2. The predicted octanol–water partition coefficient (Wildman–Crippen LogP) is 5.48. The van der Waals surface area contributed by atoms with Crippen LogP contribution in [0, 0.1) is 23.1 Å². The second kappa shape index (κ2) is 10.1. The zero-order chi connectivity index (χ0) is 22.5. The minimum absolute atomic E-state index is 0.303. The summed E-state index contributed by atoms with van der Waals surface area (Å²) in [6.07, 6.45) is 6.90. The lowest BCUT2D eigenvalue weighted by Crippen LogP contribution is -2.27. The topological polar surface area (TPSA) is 87.6 Å². The van der Waals surface area contributed by atoms with Gasteiger partial charge < -0.3 is 11.1 Å². The average Bonchev–Trinajstić information content (AvgIpc) is 2.80. The van der Waals surface area contributed by atoms with E-state index in [4.69, 9.17) is 17.3 Å². The molecule has 4 rings (SSSR count). The third-order valence-electron chi connectivity index (χ3n) is 5.94. The maximum atomic E-state index is 13.5. The van der Waals surface area contributed by atoms with Gasteiger partial charge in [0, 0.05) is 30.0 Å². The fourth-order valence-corrected chi connectivity index (χ4v) is 4.34. The van der Waals surface area contributed by atoms with Crippen molar-refractivity contribution in [3.05, 3.63) is 76.3 Å². The summed E-state index contributed by atoms with van der Waals surface area (Å²) in [4.78, 5) is 9.18. The molecule has 0 unspecified atom stereocenters. The predicted molar refractivity (Wildman–Crippen MR) is 125 cm³/mol. The van der Waals surface area contributed by atoms with Crippen LogP contribution in [0.15, 0.2) is 48.7 Å². The number of anilines is 1. The Morgan fingerprint density at radius 3 is 2.72 bits per heavy atom. The van der Waals surface area contributed by atoms with Gasteiger partial charge in [-0.05, 0) is 73.9 Å². The average molecular weight is 450 g/mol. The lowest BCUT2D eigenvalue weighted by atomic mass is 9.83. The summed E-state index contributed by atoms with van der Waals surface area (Å²) in [5, 5.41) is 13.1. The summed E-state index contributed by atoms with van der Waals surface area (Å²) in [6.45, 7) is 0.349. The second-order valence-electron chi connectivity index (χ2n) is 8.33. The van der Waals surface area contributed by atoms with Crippen LogP contribution < -0.4 is 11.1 Å². The summed E-state index contributed by atoms with van der Waals surface area (Å²) < 4.78 is 13.5. The fourth-order valence-electron chi connectivity index (χ4n) is 4.14. The van der Waals surface area contributed by atoms with Gasteiger partial charge in [-0.15, -0.1) is 0 Å². The van der Waals surface area contributed by atoms with E-state index in [1.807, 2.05) is 12.1 Å². The molecule has 0 saturated heterocycles. The van der Waals surface area contributed by atoms with Crippen molar-refractivity contribution in [1.29, 1.82) is 5.26 Å². The fraction of sp³-hybridized carbons (Fsp3) is 0.320. The van der Waals surface area contributed by atoms with E-state index in [-0.39, 0.29) is 5.82 Å². The van der Waals surface area contributed by atoms with Crippen LogP contribution in [0.3, 0.4) is 0 Å². The van der Waals surface area contributed by atoms with Crippen LogP contribution in [-0.2, 0) is 13.0 Å². The first-order valence-electron chi connectivity index (χ1n) is 10.8. The molecule has 0 radical (unpaired) electrons. The first kappa shape index (κ1) is 22.2. The molecule has 2 aromatic heterocycles. The standard InChI is InChI=1S/C25H25ClFN5/c26-23-15-30-21(11-16-4-7-20(29)8-5-16)12-22(23)24-9-6-18(13-28)25(32-24)31-14-17-2-1-3-19(27)10-17/h1-3,6,9-10,12,15-16,20H,4-5,7-8,11,14,29H2,(H,31,32). The molecule has 1 aliphatic carbocycles. The number of aromatic nitrogens is 2. The molecule has 3 aromatic rings. The summed E-state index contributed by atoms with van der Waals surface area (Å²) in [6, 6.07) is 14.3. The molecule has 5 nitrogen and oxygen atoms in total. The van der Waals surface area contributed by atoms with Gasteiger partial charge in [0.1, 0.15) is 17.7 Å². The van der Waals surface area contributed by atoms with E-state index >= 15 is 0 Å². The first-order chi connectivity index (χ1) is 15.5. The van der Waals surface area contributed by atoms with Crippen LogP contribution in [0.25, 0.3) is 11.3 Å². The van der Waals surface area contributed by atoms with E-state index in [1.165, 1.54) is 12.1 Å². The highest BCUT2D eigenvalue weighted by atomic mass is 35.5. The quantitative estimate of drug-likeness (QED) is 0.520. The molecular formula is C25H25ClFN5. The molecule has 0 amide bonds. The van der Waals surface area contributed by atoms with E-state index in [2.05, 4.69) is 21.4 Å². The Balaban J connectivity index is 1.56. The van der Waals surface area contributed by atoms with Crippen molar-refractivity contribution in [1.82, 2.24) is 9.97 Å². The highest BCUT2D eigenvalue weighted by Gasteiger charge is 2.20. The molecule has 0 aliphatic heterocycles. The van der Waals surface area contributed by atoms with Crippen LogP contribution in [-0.4, -0.2) is 16.0 Å². The number of hydrogen-bond donors (Lipinski definition) is 2. The summed E-state index contributed by atoms with van der Waals surface area (Å²) in [7, 11) is 0. The van der Waals surface area contributed by atoms with E-state index in [0.717, 1.165) is 48.9 Å². The molecular weight excluding hydrogens is 425 g/mol. The Bertz CT molecular complexity index is 1140. The molecule has 2 heterocycles. The highest BCUT2D eigenvalue weighted by molar-refractivity contribution is 6.33. The number of benzene rings is 1. The Kier molecular flexibility index (Phi) is 6.99. The van der Waals surface area contributed by atoms with E-state index < -0.39 is 0 Å². The minimum Gasteiger partial charge on any atom is -0.365 e. The van der Waals surface area contributed by atoms with Gasteiger partial charge in [-0.25, -0.2) is 9.37 Å². The molecule has 1 fully saturated rings. The number of nitrogens with one attached hydrogen (secondary N) is 1. The van der Waals surface area contributed by atoms with Gasteiger partial charge in [0.2, 0.25) is 0 Å². The number of halogens is 2. The van der Waals surface area contributed by atoms with Crippen LogP contribution in [0.2, 0.25) is 5.02 Å². The SMILES string of the molecule is N#Cc1ccc(-c2cc(CC3CCC(N)CC3)ncc2Cl)nc1NCc1cccc(F)c1. The molecule has 1 aliphatic rings. The molecule has 1 saturated carbocycles. The van der Waals surface area contributed by atoms with Crippen LogP contribution in [0.1, 0.15) is 42.5 Å². The Hall–Kier alpha value is -3.01. The molecule has 1 aromatic carbocycles. The van der Waals surface area contributed by atoms with Gasteiger partial charge in [-0.2, -0.15) is 5.26 Å². The summed E-state index contributed by atoms with van der Waals surface area (Å²) in [5.74, 6) is 0.710. The van der Waals surface area contributed by atoms with Gasteiger partial charge in [-0.3, -0.25) is 4.98 Å². The molecule has 0 bridgehead atoms. The van der Waals surface area contributed by atoms with Gasteiger partial charge in [-0.1, -0.05) is 23.7 Å². The van der Waals surface area contributed by atoms with Crippen molar-refractivity contribution in [3.8, 4) is 17.3 Å². The molecule has 32 heavy (non-hydrogen) atoms. The largest absolute Gasteiger partial charge is 0.365 e. The van der Waals surface area contributed by atoms with Crippen molar-refractivity contribution >= 4 is 17.4 Å². The van der Waals surface area contributed by atoms with Crippen LogP contribution >= 0.6 is 11.6 Å². The van der Waals surface area contributed by atoms with Gasteiger partial charge in [0.15, 0.2) is 0 Å². The summed E-state index contributed by atoms with van der Waals surface area (Å²) >= 11 is 6.46. The molecule has 164 valence electrons. The third-order valence-corrected chi connectivity index (χ3v) is 6.24. The van der Waals surface area contributed by atoms with E-state index in [1.54, 1.807) is 24.4 Å². The number of hydrogen-bond acceptors (Lipinski definition) is 5. The van der Waals surface area contributed by atoms with Crippen molar-refractivity contribution in [2.45, 2.75) is 44.7 Å². The van der Waals surface area contributed by atoms with Crippen LogP contribution in [0.4, 0.5) is 10.2 Å². The minimum atomic E-state index is -0.303. The molecule has 3 N–H and O–H groups in total. The van der Waals surface area contributed by atoms with Gasteiger partial charge in [0.25, 0.3) is 0 Å². The number of nitriles is 1. The Morgan fingerprint density at radius 2 is 1.97 bits per heavy atom. The van der Waals surface area contributed by atoms with Gasteiger partial charge >= 0.3 is 0 Å². The number of nitrogens with two attached hydrogens (primary N) is 1. The Morgan fingerprint density at radius 1 is 1.16 bits per heavy atom. The zero-order valence-corrected chi connectivity index (χ0v) is 18.4. The maximum Gasteiger partial charge on any atom is 0.144 e. The second-order valence-corrected chi connectivity index (χ2v) is 8.74. The molecule has 7 heteroatoms. The molecule has 0 spiro atoms. The smallest absolute Gasteiger partial charge is 0.144 e. The maximum absolute atomic E-state index is 13.5. The van der Waals surface area contributed by atoms with Crippen molar-refractivity contribution < 1.29 is 4.39 Å². The summed E-state index contributed by atoms with van der Waals surface area (Å²) in [5.41, 5.74) is 9.62. The van der Waals surface area contributed by atoms with Crippen LogP contribution in [0.5, 0.6) is 0 Å². The van der Waals surface area contributed by atoms with E-state index in [9.17, 15) is 9.65 Å². The monoisotopic (exact) mass is 449 g/mol. The van der Waals surface area contributed by atoms with Crippen molar-refractivity contribution in [2.24, 2.45) is 11.7 Å². The van der Waals surface area contributed by atoms with Crippen molar-refractivity contribution in [3.63, 3.8) is 0 Å².